The van der Waals surface area contributed by atoms with Crippen molar-refractivity contribution in [1.29, 1.82) is 0 Å². The summed E-state index contributed by atoms with van der Waals surface area (Å²) in [6, 6.07) is 2.61. The van der Waals surface area contributed by atoms with E-state index in [1.54, 1.807) is 11.3 Å². The minimum atomic E-state index is 0.389. The van der Waals surface area contributed by atoms with Gasteiger partial charge < -0.3 is 15.4 Å². The molecule has 19 heavy (non-hydrogen) atoms. The van der Waals surface area contributed by atoms with Crippen LogP contribution in [0.2, 0.25) is 0 Å². The predicted octanol–water partition coefficient (Wildman–Crippen LogP) is 1.78. The molecule has 2 N–H and O–H groups in total. The van der Waals surface area contributed by atoms with Gasteiger partial charge in [-0.25, -0.2) is 0 Å². The molecular formula is C14H21N3OS. The van der Waals surface area contributed by atoms with E-state index in [1.165, 1.54) is 18.4 Å². The first-order valence-electron chi connectivity index (χ1n) is 6.99. The van der Waals surface area contributed by atoms with Gasteiger partial charge in [-0.15, -0.1) is 0 Å². The molecule has 0 spiro atoms. The molecule has 0 aromatic carbocycles. The standard InChI is InChI=1S/C14H21N3OS/c1-15-14(16-6-4-10-5-7-19-9-10)17-12-8-11-2-3-13(12)18-11/h5,7,9,11-13H,2-4,6,8H2,1H3,(H2,15,16,17). The van der Waals surface area contributed by atoms with Crippen LogP contribution in [-0.2, 0) is 11.2 Å². The number of fused-ring (bicyclic) bond motifs is 2. The molecule has 4 nitrogen and oxygen atoms in total. The lowest BCUT2D eigenvalue weighted by Crippen LogP contribution is -2.47. The molecule has 3 rings (SSSR count). The Morgan fingerprint density at radius 1 is 1.53 bits per heavy atom. The summed E-state index contributed by atoms with van der Waals surface area (Å²) in [5, 5.41) is 11.2. The molecule has 2 bridgehead atoms. The third-order valence-corrected chi connectivity index (χ3v) is 4.67. The van der Waals surface area contributed by atoms with E-state index < -0.39 is 0 Å². The van der Waals surface area contributed by atoms with Gasteiger partial charge in [0.2, 0.25) is 0 Å². The van der Waals surface area contributed by atoms with Crippen molar-refractivity contribution >= 4 is 17.3 Å². The zero-order valence-corrected chi connectivity index (χ0v) is 12.1. The molecule has 104 valence electrons. The van der Waals surface area contributed by atoms with Crippen LogP contribution >= 0.6 is 11.3 Å². The molecule has 5 heteroatoms. The topological polar surface area (TPSA) is 45.7 Å². The van der Waals surface area contributed by atoms with Gasteiger partial charge in [0.1, 0.15) is 0 Å². The number of rotatable bonds is 4. The predicted molar refractivity (Wildman–Crippen MR) is 78.8 cm³/mol. The SMILES string of the molecule is CN=C(NCCc1ccsc1)NC1CC2CCC1O2. The highest BCUT2D eigenvalue weighted by molar-refractivity contribution is 7.07. The number of hydrogen-bond acceptors (Lipinski definition) is 3. The monoisotopic (exact) mass is 279 g/mol. The smallest absolute Gasteiger partial charge is 0.191 e. The second-order valence-corrected chi connectivity index (χ2v) is 6.02. The van der Waals surface area contributed by atoms with Crippen LogP contribution < -0.4 is 10.6 Å². The lowest BCUT2D eigenvalue weighted by atomic mass is 9.96. The van der Waals surface area contributed by atoms with Gasteiger partial charge in [0.25, 0.3) is 0 Å². The summed E-state index contributed by atoms with van der Waals surface area (Å²) >= 11 is 1.75. The van der Waals surface area contributed by atoms with Crippen molar-refractivity contribution in [3.8, 4) is 0 Å². The zero-order valence-electron chi connectivity index (χ0n) is 11.3. The second-order valence-electron chi connectivity index (χ2n) is 5.24. The van der Waals surface area contributed by atoms with E-state index in [1.807, 2.05) is 7.05 Å². The number of hydrogen-bond donors (Lipinski definition) is 2. The van der Waals surface area contributed by atoms with Crippen molar-refractivity contribution in [1.82, 2.24) is 10.6 Å². The van der Waals surface area contributed by atoms with E-state index >= 15 is 0 Å². The number of thiophene rings is 1. The molecule has 3 atom stereocenters. The van der Waals surface area contributed by atoms with Gasteiger partial charge in [-0.2, -0.15) is 11.3 Å². The average Bonchev–Trinajstić information content (AvgIpc) is 3.14. The van der Waals surface area contributed by atoms with Crippen molar-refractivity contribution in [2.45, 2.75) is 43.9 Å². The van der Waals surface area contributed by atoms with Gasteiger partial charge in [-0.05, 0) is 48.1 Å². The first-order chi connectivity index (χ1) is 9.35. The Bertz CT molecular complexity index is 432. The summed E-state index contributed by atoms with van der Waals surface area (Å²) in [5.41, 5.74) is 1.39. The summed E-state index contributed by atoms with van der Waals surface area (Å²) in [5.74, 6) is 0.899. The van der Waals surface area contributed by atoms with Crippen LogP contribution in [0.15, 0.2) is 21.8 Å². The van der Waals surface area contributed by atoms with Crippen LogP contribution in [0, 0.1) is 0 Å². The Morgan fingerprint density at radius 3 is 3.11 bits per heavy atom. The minimum absolute atomic E-state index is 0.389. The summed E-state index contributed by atoms with van der Waals surface area (Å²) in [6.07, 6.45) is 5.45. The molecule has 0 amide bonds. The molecule has 2 aliphatic heterocycles. The van der Waals surface area contributed by atoms with E-state index in [2.05, 4.69) is 32.5 Å². The van der Waals surface area contributed by atoms with Crippen LogP contribution in [0.1, 0.15) is 24.8 Å². The number of guanidine groups is 1. The summed E-state index contributed by atoms with van der Waals surface area (Å²) < 4.78 is 5.85. The van der Waals surface area contributed by atoms with Crippen LogP contribution in [-0.4, -0.2) is 37.8 Å². The molecule has 2 saturated heterocycles. The maximum absolute atomic E-state index is 5.85. The Kier molecular flexibility index (Phi) is 4.03. The van der Waals surface area contributed by atoms with Crippen LogP contribution in [0.5, 0.6) is 0 Å². The fourth-order valence-corrected chi connectivity index (χ4v) is 3.62. The van der Waals surface area contributed by atoms with Gasteiger partial charge in [-0.3, -0.25) is 4.99 Å². The molecule has 2 aliphatic rings. The van der Waals surface area contributed by atoms with Gasteiger partial charge >= 0.3 is 0 Å². The van der Waals surface area contributed by atoms with E-state index in [0.29, 0.717) is 18.2 Å². The largest absolute Gasteiger partial charge is 0.373 e. The van der Waals surface area contributed by atoms with Gasteiger partial charge in [-0.1, -0.05) is 0 Å². The number of nitrogens with one attached hydrogen (secondary N) is 2. The average molecular weight is 279 g/mol. The highest BCUT2D eigenvalue weighted by atomic mass is 32.1. The molecular weight excluding hydrogens is 258 g/mol. The molecule has 3 unspecified atom stereocenters. The van der Waals surface area contributed by atoms with E-state index in [9.17, 15) is 0 Å². The summed E-state index contributed by atoms with van der Waals surface area (Å²) in [4.78, 5) is 4.30. The fraction of sp³-hybridized carbons (Fsp3) is 0.643. The molecule has 1 aromatic rings. The molecule has 1 aromatic heterocycles. The molecule has 2 fully saturated rings. The summed E-state index contributed by atoms with van der Waals surface area (Å²) in [6.45, 7) is 0.915. The van der Waals surface area contributed by atoms with Crippen molar-refractivity contribution in [2.75, 3.05) is 13.6 Å². The zero-order chi connectivity index (χ0) is 13.1. The Hall–Kier alpha value is -1.07. The Morgan fingerprint density at radius 2 is 2.47 bits per heavy atom. The van der Waals surface area contributed by atoms with Crippen LogP contribution in [0.3, 0.4) is 0 Å². The van der Waals surface area contributed by atoms with Gasteiger partial charge in [0.15, 0.2) is 5.96 Å². The van der Waals surface area contributed by atoms with Crippen molar-refractivity contribution in [3.05, 3.63) is 22.4 Å². The quantitative estimate of drug-likeness (QED) is 0.652. The Balaban J connectivity index is 1.43. The number of ether oxygens (including phenoxy) is 1. The van der Waals surface area contributed by atoms with Crippen molar-refractivity contribution in [3.63, 3.8) is 0 Å². The number of nitrogens with zero attached hydrogens (tertiary/aromatic N) is 1. The highest BCUT2D eigenvalue weighted by Crippen LogP contribution is 2.34. The maximum atomic E-state index is 5.85. The van der Waals surface area contributed by atoms with Crippen LogP contribution in [0.25, 0.3) is 0 Å². The van der Waals surface area contributed by atoms with Crippen LogP contribution in [0.4, 0.5) is 0 Å². The van der Waals surface area contributed by atoms with Crippen molar-refractivity contribution < 1.29 is 4.74 Å². The lowest BCUT2D eigenvalue weighted by molar-refractivity contribution is 0.0992. The molecule has 3 heterocycles. The van der Waals surface area contributed by atoms with E-state index in [4.69, 9.17) is 4.74 Å². The van der Waals surface area contributed by atoms with Gasteiger partial charge in [0, 0.05) is 13.6 Å². The normalized spacial score (nSPS) is 29.7. The Labute approximate surface area is 118 Å². The minimum Gasteiger partial charge on any atom is -0.373 e. The fourth-order valence-electron chi connectivity index (χ4n) is 2.92. The van der Waals surface area contributed by atoms with Crippen molar-refractivity contribution in [2.24, 2.45) is 4.99 Å². The van der Waals surface area contributed by atoms with E-state index in [0.717, 1.165) is 25.3 Å². The first-order valence-corrected chi connectivity index (χ1v) is 7.93. The number of aliphatic imine (C=N–C) groups is 1. The van der Waals surface area contributed by atoms with E-state index in [-0.39, 0.29) is 0 Å². The second kappa shape index (κ2) is 5.92. The third-order valence-electron chi connectivity index (χ3n) is 3.94. The lowest BCUT2D eigenvalue weighted by Gasteiger charge is -2.22. The maximum Gasteiger partial charge on any atom is 0.191 e. The molecule has 0 saturated carbocycles. The molecule has 0 aliphatic carbocycles. The summed E-state index contributed by atoms with van der Waals surface area (Å²) in [7, 11) is 1.83. The first kappa shape index (κ1) is 12.9. The third kappa shape index (κ3) is 3.09. The van der Waals surface area contributed by atoms with Gasteiger partial charge in [0.05, 0.1) is 18.2 Å². The molecule has 0 radical (unpaired) electrons. The highest BCUT2D eigenvalue weighted by Gasteiger charge is 2.40.